The number of aryl methyl sites for hydroxylation is 1. The SMILES string of the molecule is Cc1cccc(OC(C)C(=O)NNC(=O)COc2cccc(Cl)c2)c1C. The van der Waals surface area contributed by atoms with Crippen LogP contribution >= 0.6 is 11.6 Å². The number of carbonyl (C=O) groups is 2. The molecular formula is C19H21ClN2O4. The topological polar surface area (TPSA) is 76.7 Å². The van der Waals surface area contributed by atoms with Crippen molar-refractivity contribution in [3.63, 3.8) is 0 Å². The molecule has 0 aliphatic rings. The molecule has 0 radical (unpaired) electrons. The predicted octanol–water partition coefficient (Wildman–Crippen LogP) is 2.95. The van der Waals surface area contributed by atoms with Crippen molar-refractivity contribution in [1.29, 1.82) is 0 Å². The largest absolute Gasteiger partial charge is 0.484 e. The molecule has 2 amide bonds. The van der Waals surface area contributed by atoms with E-state index >= 15 is 0 Å². The van der Waals surface area contributed by atoms with Gasteiger partial charge < -0.3 is 9.47 Å². The molecular weight excluding hydrogens is 356 g/mol. The molecule has 2 aromatic carbocycles. The van der Waals surface area contributed by atoms with E-state index < -0.39 is 17.9 Å². The number of hydrogen-bond acceptors (Lipinski definition) is 4. The number of benzene rings is 2. The van der Waals surface area contributed by atoms with Crippen molar-refractivity contribution in [2.45, 2.75) is 26.9 Å². The van der Waals surface area contributed by atoms with Crippen LogP contribution in [0.3, 0.4) is 0 Å². The molecule has 0 heterocycles. The molecule has 26 heavy (non-hydrogen) atoms. The fourth-order valence-corrected chi connectivity index (χ4v) is 2.25. The summed E-state index contributed by atoms with van der Waals surface area (Å²) >= 11 is 5.83. The number of carbonyl (C=O) groups excluding carboxylic acids is 2. The lowest BCUT2D eigenvalue weighted by Gasteiger charge is -2.17. The molecule has 2 rings (SSSR count). The van der Waals surface area contributed by atoms with E-state index in [1.807, 2.05) is 26.0 Å². The zero-order valence-corrected chi connectivity index (χ0v) is 15.6. The zero-order valence-electron chi connectivity index (χ0n) is 14.8. The number of ether oxygens (including phenoxy) is 2. The van der Waals surface area contributed by atoms with Crippen molar-refractivity contribution >= 4 is 23.4 Å². The van der Waals surface area contributed by atoms with Crippen LogP contribution in [0.4, 0.5) is 0 Å². The van der Waals surface area contributed by atoms with E-state index in [0.717, 1.165) is 11.1 Å². The number of rotatable bonds is 6. The van der Waals surface area contributed by atoms with E-state index in [2.05, 4.69) is 10.9 Å². The Kier molecular flexibility index (Phi) is 6.86. The van der Waals surface area contributed by atoms with Crippen LogP contribution in [-0.4, -0.2) is 24.5 Å². The maximum atomic E-state index is 12.1. The van der Waals surface area contributed by atoms with Crippen molar-refractivity contribution in [1.82, 2.24) is 10.9 Å². The van der Waals surface area contributed by atoms with E-state index in [9.17, 15) is 9.59 Å². The number of halogens is 1. The molecule has 0 spiro atoms. The van der Waals surface area contributed by atoms with Gasteiger partial charge in [-0.1, -0.05) is 29.8 Å². The Morgan fingerprint density at radius 2 is 1.85 bits per heavy atom. The summed E-state index contributed by atoms with van der Waals surface area (Å²) in [6.07, 6.45) is -0.773. The number of nitrogens with one attached hydrogen (secondary N) is 2. The highest BCUT2D eigenvalue weighted by molar-refractivity contribution is 6.30. The van der Waals surface area contributed by atoms with Crippen LogP contribution in [0.1, 0.15) is 18.1 Å². The van der Waals surface area contributed by atoms with E-state index in [4.69, 9.17) is 21.1 Å². The van der Waals surface area contributed by atoms with Gasteiger partial charge in [0.05, 0.1) is 0 Å². The quantitative estimate of drug-likeness (QED) is 0.760. The molecule has 2 aromatic rings. The third-order valence-electron chi connectivity index (χ3n) is 3.72. The Hall–Kier alpha value is -2.73. The van der Waals surface area contributed by atoms with Crippen LogP contribution in [0.15, 0.2) is 42.5 Å². The Balaban J connectivity index is 1.78. The summed E-state index contributed by atoms with van der Waals surface area (Å²) in [5, 5.41) is 0.508. The van der Waals surface area contributed by atoms with Gasteiger partial charge in [0.1, 0.15) is 11.5 Å². The van der Waals surface area contributed by atoms with Gasteiger partial charge in [0.25, 0.3) is 11.8 Å². The molecule has 6 nitrogen and oxygen atoms in total. The number of amides is 2. The molecule has 2 N–H and O–H groups in total. The van der Waals surface area contributed by atoms with Gasteiger partial charge in [0.2, 0.25) is 0 Å². The maximum absolute atomic E-state index is 12.1. The molecule has 1 unspecified atom stereocenters. The number of hydrazine groups is 1. The normalized spacial score (nSPS) is 11.4. The van der Waals surface area contributed by atoms with Crippen molar-refractivity contribution in [3.8, 4) is 11.5 Å². The lowest BCUT2D eigenvalue weighted by Crippen LogP contribution is -2.48. The van der Waals surface area contributed by atoms with Gasteiger partial charge in [-0.25, -0.2) is 0 Å². The van der Waals surface area contributed by atoms with Crippen LogP contribution in [0.5, 0.6) is 11.5 Å². The second-order valence-corrected chi connectivity index (χ2v) is 6.18. The predicted molar refractivity (Wildman–Crippen MR) is 99.2 cm³/mol. The third kappa shape index (κ3) is 5.67. The van der Waals surface area contributed by atoms with Gasteiger partial charge in [-0.3, -0.25) is 20.4 Å². The van der Waals surface area contributed by atoms with Gasteiger partial charge in [-0.15, -0.1) is 0 Å². The summed E-state index contributed by atoms with van der Waals surface area (Å²) in [6, 6.07) is 12.3. The molecule has 0 bridgehead atoms. The summed E-state index contributed by atoms with van der Waals surface area (Å²) in [4.78, 5) is 23.8. The van der Waals surface area contributed by atoms with Crippen molar-refractivity contribution < 1.29 is 19.1 Å². The molecule has 138 valence electrons. The molecule has 0 saturated heterocycles. The minimum absolute atomic E-state index is 0.257. The van der Waals surface area contributed by atoms with Gasteiger partial charge in [-0.05, 0) is 56.2 Å². The van der Waals surface area contributed by atoms with Gasteiger partial charge in [0, 0.05) is 5.02 Å². The second kappa shape index (κ2) is 9.10. The average molecular weight is 377 g/mol. The van der Waals surface area contributed by atoms with E-state index in [-0.39, 0.29) is 6.61 Å². The monoisotopic (exact) mass is 376 g/mol. The first-order valence-corrected chi connectivity index (χ1v) is 8.44. The second-order valence-electron chi connectivity index (χ2n) is 5.74. The molecule has 0 aromatic heterocycles. The Bertz CT molecular complexity index is 795. The van der Waals surface area contributed by atoms with E-state index in [1.165, 1.54) is 0 Å². The molecule has 0 aliphatic carbocycles. The minimum atomic E-state index is -0.773. The van der Waals surface area contributed by atoms with Gasteiger partial charge in [-0.2, -0.15) is 0 Å². The van der Waals surface area contributed by atoms with E-state index in [0.29, 0.717) is 16.5 Å². The maximum Gasteiger partial charge on any atom is 0.279 e. The van der Waals surface area contributed by atoms with Crippen LogP contribution in [0.2, 0.25) is 5.02 Å². The van der Waals surface area contributed by atoms with Crippen molar-refractivity contribution in [2.75, 3.05) is 6.61 Å². The summed E-state index contributed by atoms with van der Waals surface area (Å²) in [6.45, 7) is 5.23. The lowest BCUT2D eigenvalue weighted by molar-refractivity contribution is -0.133. The van der Waals surface area contributed by atoms with Gasteiger partial charge >= 0.3 is 0 Å². The summed E-state index contributed by atoms with van der Waals surface area (Å²) < 4.78 is 10.9. The fraction of sp³-hybridized carbons (Fsp3) is 0.263. The molecule has 7 heteroatoms. The average Bonchev–Trinajstić information content (AvgIpc) is 2.61. The number of hydrogen-bond donors (Lipinski definition) is 2. The molecule has 0 fully saturated rings. The Labute approximate surface area is 157 Å². The smallest absolute Gasteiger partial charge is 0.279 e. The third-order valence-corrected chi connectivity index (χ3v) is 3.95. The van der Waals surface area contributed by atoms with Crippen molar-refractivity contribution in [2.24, 2.45) is 0 Å². The first-order chi connectivity index (χ1) is 12.4. The van der Waals surface area contributed by atoms with Gasteiger partial charge in [0.15, 0.2) is 12.7 Å². The van der Waals surface area contributed by atoms with Crippen LogP contribution in [-0.2, 0) is 9.59 Å². The molecule has 0 aliphatic heterocycles. The highest BCUT2D eigenvalue weighted by Gasteiger charge is 2.16. The first-order valence-electron chi connectivity index (χ1n) is 8.06. The highest BCUT2D eigenvalue weighted by Crippen LogP contribution is 2.21. The highest BCUT2D eigenvalue weighted by atomic mass is 35.5. The fourth-order valence-electron chi connectivity index (χ4n) is 2.07. The first kappa shape index (κ1) is 19.6. The zero-order chi connectivity index (χ0) is 19.1. The minimum Gasteiger partial charge on any atom is -0.484 e. The molecule has 0 saturated carbocycles. The summed E-state index contributed by atoms with van der Waals surface area (Å²) in [5.74, 6) is 0.119. The summed E-state index contributed by atoms with van der Waals surface area (Å²) in [7, 11) is 0. The standard InChI is InChI=1S/C19H21ClN2O4/c1-12-6-4-9-17(13(12)2)26-14(3)19(24)22-21-18(23)11-25-16-8-5-7-15(20)10-16/h4-10,14H,11H2,1-3H3,(H,21,23)(H,22,24). The van der Waals surface area contributed by atoms with Crippen LogP contribution in [0.25, 0.3) is 0 Å². The van der Waals surface area contributed by atoms with Crippen molar-refractivity contribution in [3.05, 3.63) is 58.6 Å². The van der Waals surface area contributed by atoms with Crippen LogP contribution < -0.4 is 20.3 Å². The van der Waals surface area contributed by atoms with E-state index in [1.54, 1.807) is 37.3 Å². The summed E-state index contributed by atoms with van der Waals surface area (Å²) in [5.41, 5.74) is 6.63. The lowest BCUT2D eigenvalue weighted by atomic mass is 10.1. The Morgan fingerprint density at radius 3 is 2.58 bits per heavy atom. The van der Waals surface area contributed by atoms with Crippen LogP contribution in [0, 0.1) is 13.8 Å². The Morgan fingerprint density at radius 1 is 1.12 bits per heavy atom. The molecule has 1 atom stereocenters.